The van der Waals surface area contributed by atoms with Crippen LogP contribution >= 0.6 is 0 Å². The van der Waals surface area contributed by atoms with E-state index in [9.17, 15) is 4.39 Å². The number of hydrogen-bond acceptors (Lipinski definition) is 6. The first kappa shape index (κ1) is 17.3. The predicted molar refractivity (Wildman–Crippen MR) is 107 cm³/mol. The average Bonchev–Trinajstić information content (AvgIpc) is 3.44. The highest BCUT2D eigenvalue weighted by Gasteiger charge is 2.31. The number of nitrogens with two attached hydrogens (primary N) is 1. The summed E-state index contributed by atoms with van der Waals surface area (Å²) >= 11 is 0. The second kappa shape index (κ2) is 6.19. The van der Waals surface area contributed by atoms with Crippen LogP contribution in [0.2, 0.25) is 0 Å². The van der Waals surface area contributed by atoms with Gasteiger partial charge in [0.25, 0.3) is 0 Å². The third kappa shape index (κ3) is 2.41. The van der Waals surface area contributed by atoms with E-state index >= 15 is 0 Å². The lowest BCUT2D eigenvalue weighted by molar-refractivity contribution is 0.246. The van der Waals surface area contributed by atoms with E-state index in [1.807, 2.05) is 17.5 Å². The molecule has 2 aliphatic heterocycles. The highest BCUT2D eigenvalue weighted by atomic mass is 19.1. The van der Waals surface area contributed by atoms with Gasteiger partial charge in [-0.25, -0.2) is 4.39 Å². The Bertz CT molecular complexity index is 1310. The molecule has 5 heterocycles. The van der Waals surface area contributed by atoms with E-state index in [0.29, 0.717) is 43.1 Å². The Morgan fingerprint density at radius 2 is 1.97 bits per heavy atom. The molecule has 2 N–H and O–H groups in total. The number of pyridine rings is 1. The van der Waals surface area contributed by atoms with Gasteiger partial charge in [-0.05, 0) is 36.6 Å². The number of rotatable bonds is 1. The van der Waals surface area contributed by atoms with Crippen LogP contribution in [0.4, 0.5) is 10.2 Å². The molecule has 0 radical (unpaired) electrons. The molecule has 0 aliphatic carbocycles. The Kier molecular flexibility index (Phi) is 3.56. The Labute approximate surface area is 171 Å². The summed E-state index contributed by atoms with van der Waals surface area (Å²) in [6, 6.07) is 6.95. The lowest BCUT2D eigenvalue weighted by Crippen LogP contribution is -2.13. The van der Waals surface area contributed by atoms with E-state index in [1.165, 1.54) is 6.07 Å². The van der Waals surface area contributed by atoms with Gasteiger partial charge in [0.2, 0.25) is 0 Å². The molecule has 2 aliphatic rings. The van der Waals surface area contributed by atoms with E-state index in [0.717, 1.165) is 34.0 Å². The molecular formula is C21H19FN6O2. The van der Waals surface area contributed by atoms with Crippen molar-refractivity contribution in [3.05, 3.63) is 53.2 Å². The highest BCUT2D eigenvalue weighted by Crippen LogP contribution is 2.41. The maximum absolute atomic E-state index is 14.7. The highest BCUT2D eigenvalue weighted by molar-refractivity contribution is 5.78. The van der Waals surface area contributed by atoms with Crippen LogP contribution in [0.5, 0.6) is 11.5 Å². The first-order valence-electron chi connectivity index (χ1n) is 9.82. The quantitative estimate of drug-likeness (QED) is 0.522. The van der Waals surface area contributed by atoms with Crippen molar-refractivity contribution in [2.24, 2.45) is 7.05 Å². The number of nitrogens with zero attached hydrogens (tertiary/aromatic N) is 5. The summed E-state index contributed by atoms with van der Waals surface area (Å²) in [7, 11) is 1.83. The van der Waals surface area contributed by atoms with Gasteiger partial charge in [-0.15, -0.1) is 10.2 Å². The zero-order valence-electron chi connectivity index (χ0n) is 16.3. The third-order valence-corrected chi connectivity index (χ3v) is 5.97. The van der Waals surface area contributed by atoms with Crippen LogP contribution in [0.1, 0.15) is 22.7 Å². The smallest absolute Gasteiger partial charge is 0.170 e. The van der Waals surface area contributed by atoms with Gasteiger partial charge in [0, 0.05) is 24.2 Å². The molecule has 0 amide bonds. The number of ether oxygens (including phenoxy) is 2. The molecule has 30 heavy (non-hydrogen) atoms. The summed E-state index contributed by atoms with van der Waals surface area (Å²) in [5, 5.41) is 12.7. The van der Waals surface area contributed by atoms with Gasteiger partial charge in [0.15, 0.2) is 5.65 Å². The molecule has 0 saturated heterocycles. The van der Waals surface area contributed by atoms with Crippen LogP contribution in [0.15, 0.2) is 30.6 Å². The molecule has 0 saturated carbocycles. The first-order chi connectivity index (χ1) is 14.6. The fourth-order valence-electron chi connectivity index (χ4n) is 4.60. The number of aromatic nitrogens is 5. The van der Waals surface area contributed by atoms with Gasteiger partial charge in [-0.3, -0.25) is 9.08 Å². The number of fused-ring (bicyclic) bond motifs is 3. The van der Waals surface area contributed by atoms with Crippen molar-refractivity contribution in [3.8, 4) is 22.8 Å². The molecule has 4 aromatic rings. The molecule has 9 heteroatoms. The molecule has 152 valence electrons. The topological polar surface area (TPSA) is 92.5 Å². The second-order valence-corrected chi connectivity index (χ2v) is 7.73. The lowest BCUT2D eigenvalue weighted by atomic mass is 9.93. The van der Waals surface area contributed by atoms with Crippen molar-refractivity contribution in [1.29, 1.82) is 0 Å². The number of hydrogen-bond donors (Lipinski definition) is 1. The van der Waals surface area contributed by atoms with Crippen molar-refractivity contribution in [3.63, 3.8) is 0 Å². The predicted octanol–water partition coefficient (Wildman–Crippen LogP) is 2.50. The molecule has 1 atom stereocenters. The van der Waals surface area contributed by atoms with E-state index in [2.05, 4.69) is 15.3 Å². The molecule has 1 aromatic carbocycles. The van der Waals surface area contributed by atoms with Gasteiger partial charge >= 0.3 is 0 Å². The van der Waals surface area contributed by atoms with E-state index in [4.69, 9.17) is 15.2 Å². The second-order valence-electron chi connectivity index (χ2n) is 7.73. The monoisotopic (exact) mass is 406 g/mol. The Hall–Kier alpha value is -3.62. The zero-order valence-corrected chi connectivity index (χ0v) is 16.3. The molecule has 3 aromatic heterocycles. The van der Waals surface area contributed by atoms with Gasteiger partial charge in [-0.1, -0.05) is 0 Å². The normalized spacial score (nSPS) is 17.5. The van der Waals surface area contributed by atoms with Crippen molar-refractivity contribution >= 4 is 11.5 Å². The number of aryl methyl sites for hydroxylation is 2. The molecule has 0 unspecified atom stereocenters. The summed E-state index contributed by atoms with van der Waals surface area (Å²) in [6.45, 7) is 0.887. The molecule has 6 rings (SSSR count). The summed E-state index contributed by atoms with van der Waals surface area (Å²) in [4.78, 5) is 0. The number of anilines is 1. The average molecular weight is 406 g/mol. The molecule has 0 spiro atoms. The summed E-state index contributed by atoms with van der Waals surface area (Å²) in [6.07, 6.45) is 2.78. The summed E-state index contributed by atoms with van der Waals surface area (Å²) < 4.78 is 30.4. The van der Waals surface area contributed by atoms with Crippen molar-refractivity contribution < 1.29 is 13.9 Å². The van der Waals surface area contributed by atoms with Crippen LogP contribution < -0.4 is 15.2 Å². The van der Waals surface area contributed by atoms with Crippen molar-refractivity contribution in [2.75, 3.05) is 18.9 Å². The molecule has 8 nitrogen and oxygen atoms in total. The van der Waals surface area contributed by atoms with Crippen molar-refractivity contribution in [2.45, 2.75) is 18.8 Å². The van der Waals surface area contributed by atoms with Gasteiger partial charge in [0.1, 0.15) is 29.5 Å². The Balaban J connectivity index is 1.53. The fourth-order valence-corrected chi connectivity index (χ4v) is 4.60. The maximum atomic E-state index is 14.7. The minimum absolute atomic E-state index is 0.0101. The molecule has 0 bridgehead atoms. The number of halogens is 1. The number of benzene rings is 1. The third-order valence-electron chi connectivity index (χ3n) is 5.97. The van der Waals surface area contributed by atoms with Crippen LogP contribution in [0.3, 0.4) is 0 Å². The lowest BCUT2D eigenvalue weighted by Gasteiger charge is -2.16. The molecule has 0 fully saturated rings. The summed E-state index contributed by atoms with van der Waals surface area (Å²) in [5.41, 5.74) is 10.8. The van der Waals surface area contributed by atoms with Gasteiger partial charge in [0.05, 0.1) is 30.5 Å². The van der Waals surface area contributed by atoms with Crippen LogP contribution in [-0.4, -0.2) is 37.6 Å². The van der Waals surface area contributed by atoms with Crippen molar-refractivity contribution in [1.82, 2.24) is 24.4 Å². The number of nitrogen functional groups attached to an aromatic ring is 1. The largest absolute Gasteiger partial charge is 0.493 e. The fraction of sp³-hybridized carbons (Fsp3) is 0.286. The Morgan fingerprint density at radius 3 is 2.77 bits per heavy atom. The Morgan fingerprint density at radius 1 is 1.13 bits per heavy atom. The first-order valence-corrected chi connectivity index (χ1v) is 9.82. The van der Waals surface area contributed by atoms with E-state index in [1.54, 1.807) is 23.1 Å². The molecular weight excluding hydrogens is 387 g/mol. The minimum Gasteiger partial charge on any atom is -0.493 e. The van der Waals surface area contributed by atoms with Crippen LogP contribution in [0.25, 0.3) is 16.9 Å². The van der Waals surface area contributed by atoms with Gasteiger partial charge < -0.3 is 15.2 Å². The van der Waals surface area contributed by atoms with Crippen LogP contribution in [0, 0.1) is 5.82 Å². The minimum atomic E-state index is -0.199. The van der Waals surface area contributed by atoms with Crippen LogP contribution in [-0.2, 0) is 19.9 Å². The zero-order chi connectivity index (χ0) is 20.4. The van der Waals surface area contributed by atoms with Gasteiger partial charge in [-0.2, -0.15) is 5.10 Å². The standard InChI is InChI=1S/C21H19FN6O2/c1-27-16(7-19(23)26-27)13-6-18-15(28-10-24-25-21(13)28)4-2-12-14(22)3-5-17-20(12)11(8-29-17)9-30-18/h3,5-7,10-11H,2,4,8-9H2,1H3,(H2,23,26)/t11-/m1/s1. The maximum Gasteiger partial charge on any atom is 0.170 e. The van der Waals surface area contributed by atoms with E-state index < -0.39 is 0 Å². The van der Waals surface area contributed by atoms with E-state index in [-0.39, 0.29) is 11.7 Å². The summed E-state index contributed by atoms with van der Waals surface area (Å²) in [5.74, 6) is 1.69. The SMILES string of the molecule is Cn1nc(N)cc1-c1cc2c(n3cnnc13)CCc1c(F)ccc3c1[C@H](CO3)CO2.